The Morgan fingerprint density at radius 2 is 2.22 bits per heavy atom. The van der Waals surface area contributed by atoms with Crippen molar-refractivity contribution in [2.75, 3.05) is 6.61 Å². The molecule has 0 radical (unpaired) electrons. The van der Waals surface area contributed by atoms with Gasteiger partial charge in [-0.15, -0.1) is 0 Å². The van der Waals surface area contributed by atoms with Gasteiger partial charge in [-0.1, -0.05) is 23.7 Å². The molecule has 1 aliphatic heterocycles. The summed E-state index contributed by atoms with van der Waals surface area (Å²) in [6.07, 6.45) is 2.15. The smallest absolute Gasteiger partial charge is 0.0641 e. The minimum absolute atomic E-state index is 0.000831. The van der Waals surface area contributed by atoms with Crippen molar-refractivity contribution in [2.24, 2.45) is 0 Å². The highest BCUT2D eigenvalue weighted by Gasteiger charge is 2.28. The molecule has 0 aliphatic carbocycles. The highest BCUT2D eigenvalue weighted by Crippen LogP contribution is 2.24. The normalized spacial score (nSPS) is 23.0. The van der Waals surface area contributed by atoms with Gasteiger partial charge in [0, 0.05) is 24.2 Å². The van der Waals surface area contributed by atoms with Crippen molar-refractivity contribution in [1.29, 1.82) is 0 Å². The fraction of sp³-hybridized carbons (Fsp3) is 0.600. The van der Waals surface area contributed by atoms with Crippen molar-refractivity contribution in [1.82, 2.24) is 5.32 Å². The molecular weight excluding hydrogens is 246 g/mol. The second kappa shape index (κ2) is 5.60. The Morgan fingerprint density at radius 1 is 1.44 bits per heavy atom. The fourth-order valence-corrected chi connectivity index (χ4v) is 2.62. The van der Waals surface area contributed by atoms with Crippen molar-refractivity contribution < 1.29 is 4.74 Å². The molecule has 1 fully saturated rings. The molecular formula is C15H22ClNO. The monoisotopic (exact) mass is 267 g/mol. The van der Waals surface area contributed by atoms with Crippen LogP contribution in [0.15, 0.2) is 18.2 Å². The van der Waals surface area contributed by atoms with E-state index >= 15 is 0 Å². The lowest BCUT2D eigenvalue weighted by Crippen LogP contribution is -2.43. The number of ether oxygens (including phenoxy) is 1. The maximum Gasteiger partial charge on any atom is 0.0641 e. The quantitative estimate of drug-likeness (QED) is 0.902. The van der Waals surface area contributed by atoms with E-state index in [9.17, 15) is 0 Å². The van der Waals surface area contributed by atoms with Crippen LogP contribution in [0.2, 0.25) is 5.02 Å². The van der Waals surface area contributed by atoms with Crippen molar-refractivity contribution in [3.05, 3.63) is 34.3 Å². The van der Waals surface area contributed by atoms with Crippen LogP contribution in [0.25, 0.3) is 0 Å². The summed E-state index contributed by atoms with van der Waals surface area (Å²) >= 11 is 6.13. The number of rotatable bonds is 3. The number of hydrogen-bond acceptors (Lipinski definition) is 2. The first-order chi connectivity index (χ1) is 8.46. The largest absolute Gasteiger partial charge is 0.375 e. The Bertz CT molecular complexity index is 417. The van der Waals surface area contributed by atoms with Gasteiger partial charge in [0.25, 0.3) is 0 Å². The van der Waals surface area contributed by atoms with Gasteiger partial charge in [-0.3, -0.25) is 0 Å². The molecule has 0 spiro atoms. The van der Waals surface area contributed by atoms with Gasteiger partial charge in [0.2, 0.25) is 0 Å². The summed E-state index contributed by atoms with van der Waals surface area (Å²) in [5, 5.41) is 4.45. The molecule has 0 aromatic heterocycles. The lowest BCUT2D eigenvalue weighted by atomic mass is 9.94. The van der Waals surface area contributed by atoms with Crippen molar-refractivity contribution in [3.8, 4) is 0 Å². The second-order valence-corrected chi connectivity index (χ2v) is 6.17. The predicted octanol–water partition coefficient (Wildman–Crippen LogP) is 3.70. The van der Waals surface area contributed by atoms with Crippen LogP contribution in [-0.4, -0.2) is 18.2 Å². The number of aryl methyl sites for hydroxylation is 1. The minimum atomic E-state index is 0.000831. The molecule has 1 atom stereocenters. The van der Waals surface area contributed by atoms with Crippen LogP contribution in [0, 0.1) is 6.92 Å². The molecule has 3 heteroatoms. The first kappa shape index (κ1) is 13.9. The summed E-state index contributed by atoms with van der Waals surface area (Å²) in [6, 6.07) is 6.80. The van der Waals surface area contributed by atoms with E-state index in [-0.39, 0.29) is 5.60 Å². The molecule has 2 nitrogen and oxygen atoms in total. The zero-order valence-electron chi connectivity index (χ0n) is 11.4. The van der Waals surface area contributed by atoms with E-state index in [0.29, 0.717) is 6.04 Å². The third-order valence-corrected chi connectivity index (χ3v) is 3.94. The average molecular weight is 268 g/mol. The van der Waals surface area contributed by atoms with Crippen molar-refractivity contribution >= 4 is 11.6 Å². The molecule has 100 valence electrons. The van der Waals surface area contributed by atoms with Crippen LogP contribution in [0.3, 0.4) is 0 Å². The Hall–Kier alpha value is -0.570. The summed E-state index contributed by atoms with van der Waals surface area (Å²) in [6.45, 7) is 8.06. The third kappa shape index (κ3) is 3.71. The Morgan fingerprint density at radius 3 is 2.89 bits per heavy atom. The van der Waals surface area contributed by atoms with Crippen molar-refractivity contribution in [3.63, 3.8) is 0 Å². The molecule has 0 bridgehead atoms. The number of halogens is 1. The van der Waals surface area contributed by atoms with E-state index in [1.54, 1.807) is 0 Å². The minimum Gasteiger partial charge on any atom is -0.375 e. The van der Waals surface area contributed by atoms with Crippen LogP contribution in [0.5, 0.6) is 0 Å². The van der Waals surface area contributed by atoms with Crippen LogP contribution in [0.1, 0.15) is 37.8 Å². The summed E-state index contributed by atoms with van der Waals surface area (Å²) < 4.78 is 5.72. The molecule has 1 saturated heterocycles. The predicted molar refractivity (Wildman–Crippen MR) is 76.1 cm³/mol. The summed E-state index contributed by atoms with van der Waals surface area (Å²) in [7, 11) is 0. The van der Waals surface area contributed by atoms with Gasteiger partial charge < -0.3 is 10.1 Å². The van der Waals surface area contributed by atoms with E-state index in [1.807, 2.05) is 13.0 Å². The van der Waals surface area contributed by atoms with Gasteiger partial charge in [0.1, 0.15) is 0 Å². The molecule has 0 saturated carbocycles. The van der Waals surface area contributed by atoms with E-state index < -0.39 is 0 Å². The first-order valence-electron chi connectivity index (χ1n) is 6.59. The zero-order valence-corrected chi connectivity index (χ0v) is 12.2. The van der Waals surface area contributed by atoms with Gasteiger partial charge in [-0.2, -0.15) is 0 Å². The Kier molecular flexibility index (Phi) is 4.31. The van der Waals surface area contributed by atoms with E-state index in [4.69, 9.17) is 16.3 Å². The maximum absolute atomic E-state index is 6.13. The molecule has 1 aromatic carbocycles. The summed E-state index contributed by atoms with van der Waals surface area (Å²) in [5.41, 5.74) is 2.38. The topological polar surface area (TPSA) is 21.3 Å². The molecule has 18 heavy (non-hydrogen) atoms. The number of benzene rings is 1. The number of hydrogen-bond donors (Lipinski definition) is 1. The summed E-state index contributed by atoms with van der Waals surface area (Å²) in [5.74, 6) is 0. The van der Waals surface area contributed by atoms with Gasteiger partial charge in [0.05, 0.1) is 5.60 Å². The summed E-state index contributed by atoms with van der Waals surface area (Å²) in [4.78, 5) is 0. The number of nitrogens with one attached hydrogen (secondary N) is 1. The van der Waals surface area contributed by atoms with Gasteiger partial charge >= 0.3 is 0 Å². The van der Waals surface area contributed by atoms with E-state index in [2.05, 4.69) is 31.3 Å². The van der Waals surface area contributed by atoms with Crippen LogP contribution in [0.4, 0.5) is 0 Å². The fourth-order valence-electron chi connectivity index (χ4n) is 2.41. The van der Waals surface area contributed by atoms with Gasteiger partial charge in [-0.05, 0) is 50.8 Å². The molecule has 1 aliphatic rings. The SMILES string of the molecule is Cc1ccc(CNC2CCOC(C)(C)C2)cc1Cl. The highest BCUT2D eigenvalue weighted by atomic mass is 35.5. The Balaban J connectivity index is 1.89. The first-order valence-corrected chi connectivity index (χ1v) is 6.96. The van der Waals surface area contributed by atoms with Gasteiger partial charge in [-0.25, -0.2) is 0 Å². The average Bonchev–Trinajstić information content (AvgIpc) is 2.29. The third-order valence-electron chi connectivity index (χ3n) is 3.53. The Labute approximate surface area is 115 Å². The lowest BCUT2D eigenvalue weighted by Gasteiger charge is -2.36. The molecule has 1 unspecified atom stereocenters. The molecule has 1 N–H and O–H groups in total. The lowest BCUT2D eigenvalue weighted by molar-refractivity contribution is -0.0630. The molecule has 0 amide bonds. The maximum atomic E-state index is 6.13. The molecule has 1 heterocycles. The van der Waals surface area contributed by atoms with Crippen LogP contribution in [-0.2, 0) is 11.3 Å². The van der Waals surface area contributed by atoms with E-state index in [0.717, 1.165) is 36.6 Å². The van der Waals surface area contributed by atoms with Crippen LogP contribution >= 0.6 is 11.6 Å². The second-order valence-electron chi connectivity index (χ2n) is 5.76. The standard InChI is InChI=1S/C15H22ClNO/c1-11-4-5-12(8-14(11)16)10-17-13-6-7-18-15(2,3)9-13/h4-5,8,13,17H,6-7,9-10H2,1-3H3. The molecule has 1 aromatic rings. The van der Waals surface area contributed by atoms with Crippen molar-refractivity contribution in [2.45, 2.75) is 51.8 Å². The highest BCUT2D eigenvalue weighted by molar-refractivity contribution is 6.31. The van der Waals surface area contributed by atoms with Gasteiger partial charge in [0.15, 0.2) is 0 Å². The van der Waals surface area contributed by atoms with E-state index in [1.165, 1.54) is 5.56 Å². The van der Waals surface area contributed by atoms with Crippen LogP contribution < -0.4 is 5.32 Å². The zero-order chi connectivity index (χ0) is 13.2. The molecule has 2 rings (SSSR count).